The van der Waals surface area contributed by atoms with Gasteiger partial charge in [-0.1, -0.05) is 6.92 Å². The van der Waals surface area contributed by atoms with Gasteiger partial charge in [-0.05, 0) is 40.2 Å². The normalized spacial score (nSPS) is 13.4. The van der Waals surface area contributed by atoms with Crippen LogP contribution in [0.2, 0.25) is 0 Å². The molecule has 0 heterocycles. The fourth-order valence-corrected chi connectivity index (χ4v) is 2.32. The largest absolute Gasteiger partial charge is 0.459 e. The predicted octanol–water partition coefficient (Wildman–Crippen LogP) is 1.81. The molecule has 2 N–H and O–H groups in total. The van der Waals surface area contributed by atoms with Crippen molar-refractivity contribution in [3.63, 3.8) is 0 Å². The number of esters is 1. The molecule has 0 aliphatic heterocycles. The predicted molar refractivity (Wildman–Crippen MR) is 77.0 cm³/mol. The molecule has 0 fully saturated rings. The number of carbonyl (C=O) groups is 1. The summed E-state index contributed by atoms with van der Waals surface area (Å²) in [6, 6.07) is 0.266. The van der Waals surface area contributed by atoms with Crippen molar-refractivity contribution < 1.29 is 14.6 Å². The summed E-state index contributed by atoms with van der Waals surface area (Å²) in [7, 11) is 0. The fourth-order valence-electron chi connectivity index (χ4n) is 1.40. The highest BCUT2D eigenvalue weighted by Gasteiger charge is 2.16. The summed E-state index contributed by atoms with van der Waals surface area (Å²) in [6.45, 7) is 8.83. The zero-order valence-corrected chi connectivity index (χ0v) is 12.8. The maximum absolute atomic E-state index is 11.5. The Bertz CT molecular complexity index is 229. The van der Waals surface area contributed by atoms with E-state index in [9.17, 15) is 4.79 Å². The summed E-state index contributed by atoms with van der Waals surface area (Å²) in [5.74, 6) is 1.01. The number of aliphatic hydroxyl groups excluding tert-OH is 1. The molecule has 5 heteroatoms. The van der Waals surface area contributed by atoms with Gasteiger partial charge in [-0.25, -0.2) is 0 Å². The Balaban J connectivity index is 3.80. The van der Waals surface area contributed by atoms with Crippen LogP contribution in [0.25, 0.3) is 0 Å². The number of ether oxygens (including phenoxy) is 1. The van der Waals surface area contributed by atoms with Gasteiger partial charge < -0.3 is 15.2 Å². The number of thioether (sulfide) groups is 1. The van der Waals surface area contributed by atoms with Crippen molar-refractivity contribution in [1.82, 2.24) is 5.32 Å². The standard InChI is InChI=1S/C13H27NO3S/c1-5-7-14-11(6-8-15)9-18-10-12(16)17-13(2,3)4/h11,14-15H,5-10H2,1-4H3. The first-order valence-corrected chi connectivity index (χ1v) is 7.68. The van der Waals surface area contributed by atoms with Gasteiger partial charge in [-0.15, -0.1) is 11.8 Å². The Morgan fingerprint density at radius 1 is 1.44 bits per heavy atom. The Hall–Kier alpha value is -0.260. The van der Waals surface area contributed by atoms with Crippen molar-refractivity contribution in [3.05, 3.63) is 0 Å². The van der Waals surface area contributed by atoms with Gasteiger partial charge in [0, 0.05) is 18.4 Å². The monoisotopic (exact) mass is 277 g/mol. The molecule has 1 unspecified atom stereocenters. The second kappa shape index (κ2) is 9.64. The molecular formula is C13H27NO3S. The molecule has 0 saturated carbocycles. The van der Waals surface area contributed by atoms with Crippen LogP contribution in [0.1, 0.15) is 40.5 Å². The van der Waals surface area contributed by atoms with Gasteiger partial charge in [0.1, 0.15) is 5.60 Å². The summed E-state index contributed by atoms with van der Waals surface area (Å²) in [5, 5.41) is 12.3. The lowest BCUT2D eigenvalue weighted by Crippen LogP contribution is -2.33. The maximum Gasteiger partial charge on any atom is 0.316 e. The van der Waals surface area contributed by atoms with Crippen LogP contribution in [0.4, 0.5) is 0 Å². The second-order valence-electron chi connectivity index (χ2n) is 5.26. The van der Waals surface area contributed by atoms with Gasteiger partial charge in [0.25, 0.3) is 0 Å². The van der Waals surface area contributed by atoms with E-state index < -0.39 is 5.60 Å². The molecule has 0 aromatic rings. The van der Waals surface area contributed by atoms with Crippen LogP contribution in [-0.4, -0.2) is 47.4 Å². The molecule has 0 aliphatic rings. The van der Waals surface area contributed by atoms with Crippen LogP contribution in [0.5, 0.6) is 0 Å². The summed E-state index contributed by atoms with van der Waals surface area (Å²) < 4.78 is 5.23. The molecule has 1 atom stereocenters. The van der Waals surface area contributed by atoms with Crippen molar-refractivity contribution in [3.8, 4) is 0 Å². The van der Waals surface area contributed by atoms with E-state index in [0.717, 1.165) is 25.1 Å². The molecule has 0 bridgehead atoms. The number of hydrogen-bond acceptors (Lipinski definition) is 5. The Morgan fingerprint density at radius 3 is 2.61 bits per heavy atom. The SMILES string of the molecule is CCCNC(CCO)CSCC(=O)OC(C)(C)C. The number of hydrogen-bond donors (Lipinski definition) is 2. The quantitative estimate of drug-likeness (QED) is 0.630. The lowest BCUT2D eigenvalue weighted by atomic mass is 10.2. The average molecular weight is 277 g/mol. The molecule has 18 heavy (non-hydrogen) atoms. The molecule has 0 radical (unpaired) electrons. The lowest BCUT2D eigenvalue weighted by Gasteiger charge is -2.20. The molecule has 0 aromatic carbocycles. The lowest BCUT2D eigenvalue weighted by molar-refractivity contribution is -0.151. The van der Waals surface area contributed by atoms with Gasteiger partial charge in [0.2, 0.25) is 0 Å². The van der Waals surface area contributed by atoms with Crippen LogP contribution in [0.3, 0.4) is 0 Å². The molecule has 0 saturated heterocycles. The molecular weight excluding hydrogens is 250 g/mol. The van der Waals surface area contributed by atoms with E-state index in [-0.39, 0.29) is 18.6 Å². The van der Waals surface area contributed by atoms with Gasteiger partial charge in [-0.3, -0.25) is 4.79 Å². The van der Waals surface area contributed by atoms with Gasteiger partial charge >= 0.3 is 5.97 Å². The van der Waals surface area contributed by atoms with Crippen molar-refractivity contribution in [2.75, 3.05) is 24.7 Å². The van der Waals surface area contributed by atoms with Crippen molar-refractivity contribution >= 4 is 17.7 Å². The first-order chi connectivity index (χ1) is 8.39. The molecule has 0 amide bonds. The summed E-state index contributed by atoms with van der Waals surface area (Å²) in [5.41, 5.74) is -0.414. The van der Waals surface area contributed by atoms with Crippen LogP contribution in [-0.2, 0) is 9.53 Å². The van der Waals surface area contributed by atoms with Crippen LogP contribution >= 0.6 is 11.8 Å². The zero-order valence-electron chi connectivity index (χ0n) is 12.0. The van der Waals surface area contributed by atoms with E-state index >= 15 is 0 Å². The van der Waals surface area contributed by atoms with E-state index in [1.807, 2.05) is 20.8 Å². The van der Waals surface area contributed by atoms with Gasteiger partial charge in [0.15, 0.2) is 0 Å². The molecule has 0 spiro atoms. The smallest absolute Gasteiger partial charge is 0.316 e. The van der Waals surface area contributed by atoms with E-state index in [1.54, 1.807) is 11.8 Å². The third kappa shape index (κ3) is 10.9. The molecule has 0 rings (SSSR count). The van der Waals surface area contributed by atoms with Gasteiger partial charge in [-0.2, -0.15) is 0 Å². The molecule has 4 nitrogen and oxygen atoms in total. The topological polar surface area (TPSA) is 58.6 Å². The molecule has 0 aromatic heterocycles. The van der Waals surface area contributed by atoms with Crippen LogP contribution in [0.15, 0.2) is 0 Å². The minimum atomic E-state index is -0.414. The van der Waals surface area contributed by atoms with E-state index in [2.05, 4.69) is 12.2 Å². The zero-order chi connectivity index (χ0) is 14.0. The number of carbonyl (C=O) groups excluding carboxylic acids is 1. The first-order valence-electron chi connectivity index (χ1n) is 6.53. The van der Waals surface area contributed by atoms with E-state index in [1.165, 1.54) is 0 Å². The van der Waals surface area contributed by atoms with Crippen molar-refractivity contribution in [2.24, 2.45) is 0 Å². The highest BCUT2D eigenvalue weighted by molar-refractivity contribution is 7.99. The van der Waals surface area contributed by atoms with Crippen molar-refractivity contribution in [1.29, 1.82) is 0 Å². The fraction of sp³-hybridized carbons (Fsp3) is 0.923. The second-order valence-corrected chi connectivity index (χ2v) is 6.30. The van der Waals surface area contributed by atoms with Crippen molar-refractivity contribution in [2.45, 2.75) is 52.2 Å². The third-order valence-electron chi connectivity index (χ3n) is 2.12. The Kier molecular flexibility index (Phi) is 9.50. The minimum absolute atomic E-state index is 0.175. The molecule has 0 aliphatic carbocycles. The third-order valence-corrected chi connectivity index (χ3v) is 3.20. The number of nitrogens with one attached hydrogen (secondary N) is 1. The minimum Gasteiger partial charge on any atom is -0.459 e. The molecule has 108 valence electrons. The summed E-state index contributed by atoms with van der Waals surface area (Å²) in [4.78, 5) is 11.5. The summed E-state index contributed by atoms with van der Waals surface area (Å²) >= 11 is 1.55. The summed E-state index contributed by atoms with van der Waals surface area (Å²) in [6.07, 6.45) is 1.79. The van der Waals surface area contributed by atoms with E-state index in [0.29, 0.717) is 5.75 Å². The van der Waals surface area contributed by atoms with Crippen LogP contribution < -0.4 is 5.32 Å². The highest BCUT2D eigenvalue weighted by atomic mass is 32.2. The Labute approximate surface area is 115 Å². The Morgan fingerprint density at radius 2 is 2.11 bits per heavy atom. The maximum atomic E-state index is 11.5. The van der Waals surface area contributed by atoms with E-state index in [4.69, 9.17) is 9.84 Å². The average Bonchev–Trinajstić information content (AvgIpc) is 2.23. The van der Waals surface area contributed by atoms with Gasteiger partial charge in [0.05, 0.1) is 5.75 Å². The highest BCUT2D eigenvalue weighted by Crippen LogP contribution is 2.11. The number of rotatable bonds is 9. The van der Waals surface area contributed by atoms with Crippen LogP contribution in [0, 0.1) is 0 Å². The number of aliphatic hydroxyl groups is 1. The first kappa shape index (κ1) is 17.7.